The number of carbonyl (C=O) groups is 1. The minimum absolute atomic E-state index is 0.229. The predicted molar refractivity (Wildman–Crippen MR) is 101 cm³/mol. The molecule has 3 aromatic carbocycles. The van der Waals surface area contributed by atoms with Gasteiger partial charge in [0.2, 0.25) is 0 Å². The van der Waals surface area contributed by atoms with Crippen molar-refractivity contribution in [2.24, 2.45) is 0 Å². The Kier molecular flexibility index (Phi) is 5.17. The number of benzene rings is 3. The summed E-state index contributed by atoms with van der Waals surface area (Å²) in [6.07, 6.45) is -0.882. The Morgan fingerprint density at radius 3 is 2.48 bits per heavy atom. The molecule has 3 nitrogen and oxygen atoms in total. The lowest BCUT2D eigenvalue weighted by Crippen LogP contribution is -2.15. The van der Waals surface area contributed by atoms with Gasteiger partial charge < -0.3 is 10.4 Å². The molecular weight excluding hydrogens is 334 g/mol. The number of amides is 1. The molecule has 0 aromatic heterocycles. The standard InChI is InChI=1S/C21H18ClNO2/c1-14-6-5-9-16(12-14)21(25)23-19-11-10-17(22)13-18(19)20(24)15-7-3-2-4-8-15/h2-13,20,24H,1H3,(H,23,25)/t20-/m1/s1. The van der Waals surface area contributed by atoms with Gasteiger partial charge in [0.25, 0.3) is 5.91 Å². The molecule has 0 aliphatic carbocycles. The van der Waals surface area contributed by atoms with Gasteiger partial charge in [0.05, 0.1) is 0 Å². The van der Waals surface area contributed by atoms with Crippen LogP contribution in [-0.4, -0.2) is 11.0 Å². The Morgan fingerprint density at radius 2 is 1.76 bits per heavy atom. The van der Waals surface area contributed by atoms with Gasteiger partial charge in [0, 0.05) is 21.8 Å². The van der Waals surface area contributed by atoms with Crippen LogP contribution in [0.1, 0.15) is 33.2 Å². The molecule has 3 rings (SSSR count). The van der Waals surface area contributed by atoms with Gasteiger partial charge >= 0.3 is 0 Å². The molecule has 0 bridgehead atoms. The molecule has 0 aliphatic rings. The predicted octanol–water partition coefficient (Wildman–Crippen LogP) is 4.98. The summed E-state index contributed by atoms with van der Waals surface area (Å²) in [5.74, 6) is -0.229. The fourth-order valence-electron chi connectivity index (χ4n) is 2.67. The first-order chi connectivity index (χ1) is 12.0. The Labute approximate surface area is 151 Å². The van der Waals surface area contributed by atoms with Gasteiger partial charge in [0.1, 0.15) is 6.10 Å². The van der Waals surface area contributed by atoms with Crippen LogP contribution in [0, 0.1) is 6.92 Å². The Balaban J connectivity index is 1.93. The molecule has 126 valence electrons. The highest BCUT2D eigenvalue weighted by molar-refractivity contribution is 6.30. The van der Waals surface area contributed by atoms with E-state index in [4.69, 9.17) is 11.6 Å². The van der Waals surface area contributed by atoms with Gasteiger partial charge in [-0.15, -0.1) is 0 Å². The highest BCUT2D eigenvalue weighted by Gasteiger charge is 2.17. The second-order valence-electron chi connectivity index (χ2n) is 5.87. The largest absolute Gasteiger partial charge is 0.384 e. The van der Waals surface area contributed by atoms with E-state index >= 15 is 0 Å². The van der Waals surface area contributed by atoms with Crippen molar-refractivity contribution in [3.8, 4) is 0 Å². The second kappa shape index (κ2) is 7.51. The maximum absolute atomic E-state index is 12.5. The Hall–Kier alpha value is -2.62. The van der Waals surface area contributed by atoms with Crippen molar-refractivity contribution in [3.63, 3.8) is 0 Å². The summed E-state index contributed by atoms with van der Waals surface area (Å²) < 4.78 is 0. The molecule has 0 saturated carbocycles. The first kappa shape index (κ1) is 17.2. The van der Waals surface area contributed by atoms with Crippen LogP contribution < -0.4 is 5.32 Å². The number of hydrogen-bond donors (Lipinski definition) is 2. The van der Waals surface area contributed by atoms with E-state index in [-0.39, 0.29) is 5.91 Å². The molecule has 0 fully saturated rings. The third-order valence-electron chi connectivity index (χ3n) is 3.95. The van der Waals surface area contributed by atoms with Crippen LogP contribution in [0.2, 0.25) is 5.02 Å². The summed E-state index contributed by atoms with van der Waals surface area (Å²) in [6, 6.07) is 21.7. The van der Waals surface area contributed by atoms with Gasteiger partial charge in [-0.25, -0.2) is 0 Å². The zero-order chi connectivity index (χ0) is 17.8. The highest BCUT2D eigenvalue weighted by Crippen LogP contribution is 2.31. The Morgan fingerprint density at radius 1 is 1.00 bits per heavy atom. The average Bonchev–Trinajstić information content (AvgIpc) is 2.63. The highest BCUT2D eigenvalue weighted by atomic mass is 35.5. The first-order valence-electron chi connectivity index (χ1n) is 7.95. The third-order valence-corrected chi connectivity index (χ3v) is 4.19. The van der Waals surface area contributed by atoms with Crippen molar-refractivity contribution in [2.75, 3.05) is 5.32 Å². The maximum Gasteiger partial charge on any atom is 0.255 e. The number of rotatable bonds is 4. The van der Waals surface area contributed by atoms with Gasteiger partial charge in [-0.3, -0.25) is 4.79 Å². The number of aliphatic hydroxyl groups excluding tert-OH is 1. The number of anilines is 1. The summed E-state index contributed by atoms with van der Waals surface area (Å²) >= 11 is 6.10. The molecule has 1 atom stereocenters. The monoisotopic (exact) mass is 351 g/mol. The summed E-state index contributed by atoms with van der Waals surface area (Å²) in [7, 11) is 0. The number of nitrogens with one attached hydrogen (secondary N) is 1. The number of aryl methyl sites for hydroxylation is 1. The molecule has 0 saturated heterocycles. The van der Waals surface area contributed by atoms with Gasteiger partial charge in [-0.2, -0.15) is 0 Å². The van der Waals surface area contributed by atoms with Crippen molar-refractivity contribution >= 4 is 23.2 Å². The fraction of sp³-hybridized carbons (Fsp3) is 0.0952. The van der Waals surface area contributed by atoms with Gasteiger partial charge in [0.15, 0.2) is 0 Å². The van der Waals surface area contributed by atoms with E-state index < -0.39 is 6.10 Å². The number of aliphatic hydroxyl groups is 1. The molecule has 0 aliphatic heterocycles. The molecule has 0 radical (unpaired) electrons. The van der Waals surface area contributed by atoms with Crippen LogP contribution in [0.4, 0.5) is 5.69 Å². The molecule has 0 spiro atoms. The van der Waals surface area contributed by atoms with Crippen LogP contribution in [0.15, 0.2) is 72.8 Å². The fourth-order valence-corrected chi connectivity index (χ4v) is 2.85. The molecule has 2 N–H and O–H groups in total. The van der Waals surface area contributed by atoms with Crippen LogP contribution in [0.25, 0.3) is 0 Å². The molecular formula is C21H18ClNO2. The minimum Gasteiger partial charge on any atom is -0.384 e. The van der Waals surface area contributed by atoms with E-state index in [0.29, 0.717) is 21.8 Å². The summed E-state index contributed by atoms with van der Waals surface area (Å²) in [5, 5.41) is 14.1. The maximum atomic E-state index is 12.5. The SMILES string of the molecule is Cc1cccc(C(=O)Nc2ccc(Cl)cc2[C@H](O)c2ccccc2)c1. The van der Waals surface area contributed by atoms with Crippen molar-refractivity contribution in [1.82, 2.24) is 0 Å². The molecule has 0 heterocycles. The van der Waals surface area contributed by atoms with E-state index in [9.17, 15) is 9.90 Å². The van der Waals surface area contributed by atoms with Gasteiger partial charge in [-0.1, -0.05) is 59.6 Å². The van der Waals surface area contributed by atoms with E-state index in [1.54, 1.807) is 24.3 Å². The molecule has 3 aromatic rings. The topological polar surface area (TPSA) is 49.3 Å². The summed E-state index contributed by atoms with van der Waals surface area (Å²) in [4.78, 5) is 12.5. The molecule has 4 heteroatoms. The first-order valence-corrected chi connectivity index (χ1v) is 8.33. The number of carbonyl (C=O) groups excluding carboxylic acids is 1. The van der Waals surface area contributed by atoms with E-state index in [2.05, 4.69) is 5.32 Å². The van der Waals surface area contributed by atoms with Crippen LogP contribution in [0.5, 0.6) is 0 Å². The molecule has 1 amide bonds. The van der Waals surface area contributed by atoms with Gasteiger partial charge in [-0.05, 0) is 42.8 Å². The number of halogens is 1. The third kappa shape index (κ3) is 4.08. The van der Waals surface area contributed by atoms with Crippen LogP contribution >= 0.6 is 11.6 Å². The van der Waals surface area contributed by atoms with Crippen molar-refractivity contribution in [3.05, 3.63) is 100 Å². The summed E-state index contributed by atoms with van der Waals surface area (Å²) in [5.41, 5.74) is 3.39. The average molecular weight is 352 g/mol. The Bertz CT molecular complexity index is 893. The lowest BCUT2D eigenvalue weighted by Gasteiger charge is -2.17. The van der Waals surface area contributed by atoms with E-state index in [0.717, 1.165) is 11.1 Å². The van der Waals surface area contributed by atoms with E-state index in [1.807, 2.05) is 55.5 Å². The minimum atomic E-state index is -0.882. The lowest BCUT2D eigenvalue weighted by molar-refractivity contribution is 0.102. The van der Waals surface area contributed by atoms with Crippen LogP contribution in [-0.2, 0) is 0 Å². The molecule has 25 heavy (non-hydrogen) atoms. The quantitative estimate of drug-likeness (QED) is 0.696. The smallest absolute Gasteiger partial charge is 0.255 e. The number of hydrogen-bond acceptors (Lipinski definition) is 2. The van der Waals surface area contributed by atoms with E-state index in [1.165, 1.54) is 0 Å². The second-order valence-corrected chi connectivity index (χ2v) is 6.30. The lowest BCUT2D eigenvalue weighted by atomic mass is 9.99. The molecule has 0 unspecified atom stereocenters. The van der Waals surface area contributed by atoms with Crippen LogP contribution in [0.3, 0.4) is 0 Å². The van der Waals surface area contributed by atoms with Crippen molar-refractivity contribution < 1.29 is 9.90 Å². The normalized spacial score (nSPS) is 11.8. The zero-order valence-corrected chi connectivity index (χ0v) is 14.5. The van der Waals surface area contributed by atoms with Crippen molar-refractivity contribution in [2.45, 2.75) is 13.0 Å². The van der Waals surface area contributed by atoms with Crippen molar-refractivity contribution in [1.29, 1.82) is 0 Å². The zero-order valence-electron chi connectivity index (χ0n) is 13.7. The summed E-state index contributed by atoms with van der Waals surface area (Å²) in [6.45, 7) is 1.93.